The van der Waals surface area contributed by atoms with E-state index in [-0.39, 0.29) is 17.5 Å². The van der Waals surface area contributed by atoms with Gasteiger partial charge in [0.05, 0.1) is 23.1 Å². The number of carbonyl (C=O) groups is 2. The fourth-order valence-corrected chi connectivity index (χ4v) is 4.05. The van der Waals surface area contributed by atoms with Crippen LogP contribution in [0.1, 0.15) is 12.0 Å². The predicted octanol–water partition coefficient (Wildman–Crippen LogP) is 3.02. The van der Waals surface area contributed by atoms with Gasteiger partial charge in [-0.1, -0.05) is 24.3 Å². The molecule has 0 N–H and O–H groups in total. The molecule has 22 heavy (non-hydrogen) atoms. The molecule has 4 rings (SSSR count). The first kappa shape index (κ1) is 13.5. The molecule has 2 aliphatic carbocycles. The number of carbonyl (C=O) groups excluding carboxylic acids is 2. The summed E-state index contributed by atoms with van der Waals surface area (Å²) in [4.78, 5) is 25.9. The third kappa shape index (κ3) is 1.63. The van der Waals surface area contributed by atoms with Crippen molar-refractivity contribution >= 4 is 17.5 Å². The first-order chi connectivity index (χ1) is 10.4. The molecule has 6 heteroatoms. The van der Waals surface area contributed by atoms with Gasteiger partial charge in [-0.05, 0) is 30.4 Å². The number of nitrogens with zero attached hydrogens (tertiary/aromatic N) is 1. The summed E-state index contributed by atoms with van der Waals surface area (Å²) in [5, 5.41) is 0. The smallest absolute Gasteiger partial charge is 0.274 e. The number of para-hydroxylation sites is 1. The van der Waals surface area contributed by atoms with E-state index in [4.69, 9.17) is 0 Å². The molecule has 1 saturated heterocycles. The Morgan fingerprint density at radius 3 is 2.05 bits per heavy atom. The molecule has 0 radical (unpaired) electrons. The van der Waals surface area contributed by atoms with E-state index in [9.17, 15) is 22.8 Å². The molecule has 2 fully saturated rings. The highest BCUT2D eigenvalue weighted by atomic mass is 19.4. The average Bonchev–Trinajstić information content (AvgIpc) is 3.12. The van der Waals surface area contributed by atoms with Crippen LogP contribution in [0.3, 0.4) is 0 Å². The molecule has 2 bridgehead atoms. The monoisotopic (exact) mass is 307 g/mol. The van der Waals surface area contributed by atoms with E-state index in [0.717, 1.165) is 17.4 Å². The van der Waals surface area contributed by atoms with E-state index in [1.165, 1.54) is 18.2 Å². The number of hydrogen-bond donors (Lipinski definition) is 0. The minimum atomic E-state index is -4.61. The van der Waals surface area contributed by atoms with E-state index in [2.05, 4.69) is 0 Å². The van der Waals surface area contributed by atoms with Crippen LogP contribution in [0.4, 0.5) is 18.9 Å². The molecule has 1 aliphatic heterocycles. The van der Waals surface area contributed by atoms with Crippen LogP contribution in [0, 0.1) is 23.7 Å². The highest BCUT2D eigenvalue weighted by Crippen LogP contribution is 2.54. The highest BCUT2D eigenvalue weighted by Gasteiger charge is 2.60. The standard InChI is InChI=1S/C16H12F3NO2/c17-16(18,19)10-3-1-2-4-11(10)20-14(21)12-8-5-6-9(7-8)13(12)15(20)22/h1-6,8-9,12-13H,7H2. The van der Waals surface area contributed by atoms with Gasteiger partial charge in [-0.2, -0.15) is 13.2 Å². The van der Waals surface area contributed by atoms with Gasteiger partial charge in [-0.3, -0.25) is 9.59 Å². The normalized spacial score (nSPS) is 33.0. The van der Waals surface area contributed by atoms with E-state index < -0.39 is 35.4 Å². The predicted molar refractivity (Wildman–Crippen MR) is 71.7 cm³/mol. The van der Waals surface area contributed by atoms with Gasteiger partial charge in [-0.25, -0.2) is 4.90 Å². The zero-order valence-corrected chi connectivity index (χ0v) is 11.4. The Kier molecular flexibility index (Phi) is 2.59. The molecule has 1 aromatic carbocycles. The maximum atomic E-state index is 13.2. The molecule has 4 atom stereocenters. The van der Waals surface area contributed by atoms with E-state index in [1.807, 2.05) is 12.2 Å². The molecule has 0 aromatic heterocycles. The lowest BCUT2D eigenvalue weighted by Gasteiger charge is -2.21. The lowest BCUT2D eigenvalue weighted by atomic mass is 9.85. The van der Waals surface area contributed by atoms with Crippen LogP contribution in [-0.2, 0) is 15.8 Å². The van der Waals surface area contributed by atoms with Gasteiger partial charge in [0, 0.05) is 0 Å². The van der Waals surface area contributed by atoms with Crippen molar-refractivity contribution in [2.24, 2.45) is 23.7 Å². The van der Waals surface area contributed by atoms with Gasteiger partial charge in [-0.15, -0.1) is 0 Å². The number of alkyl halides is 3. The molecule has 4 unspecified atom stereocenters. The minimum absolute atomic E-state index is 0.0190. The SMILES string of the molecule is O=C1C2C3C=CC(C3)C2C(=O)N1c1ccccc1C(F)(F)F. The summed E-state index contributed by atoms with van der Waals surface area (Å²) in [6.45, 7) is 0. The summed E-state index contributed by atoms with van der Waals surface area (Å²) in [5.74, 6) is -2.02. The summed E-state index contributed by atoms with van der Waals surface area (Å²) < 4.78 is 39.5. The van der Waals surface area contributed by atoms with Crippen molar-refractivity contribution in [3.05, 3.63) is 42.0 Å². The van der Waals surface area contributed by atoms with Crippen molar-refractivity contribution < 1.29 is 22.8 Å². The molecular formula is C16H12F3NO2. The molecule has 0 spiro atoms. The number of allylic oxidation sites excluding steroid dienone is 2. The van der Waals surface area contributed by atoms with Crippen molar-refractivity contribution in [2.75, 3.05) is 4.90 Å². The molecule has 1 heterocycles. The molecule has 114 valence electrons. The zero-order valence-electron chi connectivity index (χ0n) is 11.4. The summed E-state index contributed by atoms with van der Waals surface area (Å²) in [5.41, 5.74) is -1.30. The van der Waals surface area contributed by atoms with Gasteiger partial charge in [0.2, 0.25) is 11.8 Å². The van der Waals surface area contributed by atoms with Crippen molar-refractivity contribution in [1.29, 1.82) is 0 Å². The number of benzene rings is 1. The van der Waals surface area contributed by atoms with Crippen molar-refractivity contribution in [3.8, 4) is 0 Å². The maximum Gasteiger partial charge on any atom is 0.418 e. The largest absolute Gasteiger partial charge is 0.418 e. The number of fused-ring (bicyclic) bond motifs is 5. The maximum absolute atomic E-state index is 13.2. The first-order valence-corrected chi connectivity index (χ1v) is 7.12. The van der Waals surface area contributed by atoms with Crippen LogP contribution in [0.2, 0.25) is 0 Å². The van der Waals surface area contributed by atoms with E-state index in [1.54, 1.807) is 0 Å². The Bertz CT molecular complexity index is 680. The Labute approximate surface area is 124 Å². The average molecular weight is 307 g/mol. The number of halogens is 3. The third-order valence-electron chi connectivity index (χ3n) is 4.92. The van der Waals surface area contributed by atoms with Crippen LogP contribution < -0.4 is 4.90 Å². The van der Waals surface area contributed by atoms with Crippen LogP contribution in [0.15, 0.2) is 36.4 Å². The van der Waals surface area contributed by atoms with Crippen LogP contribution >= 0.6 is 0 Å². The van der Waals surface area contributed by atoms with Gasteiger partial charge >= 0.3 is 6.18 Å². The molecule has 2 amide bonds. The fourth-order valence-electron chi connectivity index (χ4n) is 4.05. The second-order valence-electron chi connectivity index (χ2n) is 6.03. The summed E-state index contributed by atoms with van der Waals surface area (Å²) in [6, 6.07) is 4.75. The molecular weight excluding hydrogens is 295 g/mol. The van der Waals surface area contributed by atoms with Gasteiger partial charge in [0.1, 0.15) is 0 Å². The Morgan fingerprint density at radius 1 is 0.955 bits per heavy atom. The van der Waals surface area contributed by atoms with Crippen molar-refractivity contribution in [1.82, 2.24) is 0 Å². The number of rotatable bonds is 1. The quantitative estimate of drug-likeness (QED) is 0.591. The van der Waals surface area contributed by atoms with E-state index >= 15 is 0 Å². The van der Waals surface area contributed by atoms with Gasteiger partial charge in [0.15, 0.2) is 0 Å². The van der Waals surface area contributed by atoms with Crippen LogP contribution in [0.5, 0.6) is 0 Å². The Balaban J connectivity index is 1.80. The second-order valence-corrected chi connectivity index (χ2v) is 6.03. The molecule has 3 nitrogen and oxygen atoms in total. The molecule has 1 aromatic rings. The van der Waals surface area contributed by atoms with Crippen molar-refractivity contribution in [3.63, 3.8) is 0 Å². The number of amides is 2. The van der Waals surface area contributed by atoms with E-state index in [0.29, 0.717) is 0 Å². The number of anilines is 1. The van der Waals surface area contributed by atoms with Gasteiger partial charge < -0.3 is 0 Å². The third-order valence-corrected chi connectivity index (χ3v) is 4.92. The Hall–Kier alpha value is -2.11. The van der Waals surface area contributed by atoms with Crippen LogP contribution in [0.25, 0.3) is 0 Å². The summed E-state index contributed by atoms with van der Waals surface area (Å²) >= 11 is 0. The zero-order chi connectivity index (χ0) is 15.6. The lowest BCUT2D eigenvalue weighted by Crippen LogP contribution is -2.34. The van der Waals surface area contributed by atoms with Gasteiger partial charge in [0.25, 0.3) is 0 Å². The van der Waals surface area contributed by atoms with Crippen LogP contribution in [-0.4, -0.2) is 11.8 Å². The summed E-state index contributed by atoms with van der Waals surface area (Å²) in [6.07, 6.45) is -0.0278. The van der Waals surface area contributed by atoms with Crippen molar-refractivity contribution in [2.45, 2.75) is 12.6 Å². The molecule has 3 aliphatic rings. The molecule has 1 saturated carbocycles. The second kappa shape index (κ2) is 4.21. The minimum Gasteiger partial charge on any atom is -0.274 e. The Morgan fingerprint density at radius 2 is 1.50 bits per heavy atom. The highest BCUT2D eigenvalue weighted by molar-refractivity contribution is 6.23. The topological polar surface area (TPSA) is 37.4 Å². The first-order valence-electron chi connectivity index (χ1n) is 7.12. The summed E-state index contributed by atoms with van der Waals surface area (Å²) in [7, 11) is 0. The number of hydrogen-bond acceptors (Lipinski definition) is 2. The fraction of sp³-hybridized carbons (Fsp3) is 0.375. The lowest BCUT2D eigenvalue weighted by molar-refractivity contribution is -0.137. The number of imide groups is 1.